The average molecular weight is 425 g/mol. The van der Waals surface area contributed by atoms with Crippen molar-refractivity contribution in [1.82, 2.24) is 9.03 Å². The minimum atomic E-state index is -4.04. The zero-order valence-corrected chi connectivity index (χ0v) is 16.4. The van der Waals surface area contributed by atoms with Crippen molar-refractivity contribution in [1.29, 1.82) is 0 Å². The molecule has 1 N–H and O–H groups in total. The molecular weight excluding hydrogens is 406 g/mol. The highest BCUT2D eigenvalue weighted by Crippen LogP contribution is 2.28. The molecule has 28 heavy (non-hydrogen) atoms. The Morgan fingerprint density at radius 3 is 2.11 bits per heavy atom. The van der Waals surface area contributed by atoms with Crippen LogP contribution >= 0.6 is 0 Å². The van der Waals surface area contributed by atoms with Crippen LogP contribution in [-0.2, 0) is 20.0 Å². The van der Waals surface area contributed by atoms with Crippen LogP contribution in [0.3, 0.4) is 0 Å². The summed E-state index contributed by atoms with van der Waals surface area (Å²) in [5.74, 6) is 0. The molecule has 1 fully saturated rings. The van der Waals surface area contributed by atoms with Crippen LogP contribution in [0.2, 0.25) is 0 Å². The van der Waals surface area contributed by atoms with Gasteiger partial charge in [0.15, 0.2) is 4.90 Å². The second-order valence-corrected chi connectivity index (χ2v) is 9.96. The van der Waals surface area contributed by atoms with Crippen molar-refractivity contribution in [3.05, 3.63) is 64.7 Å². The molecule has 0 radical (unpaired) electrons. The number of nitro benzene ring substituents is 1. The Bertz CT molecular complexity index is 1060. The Kier molecular flexibility index (Phi) is 5.79. The number of nitrogens with one attached hydrogen (secondary N) is 1. The van der Waals surface area contributed by atoms with E-state index in [9.17, 15) is 26.9 Å². The summed E-state index contributed by atoms with van der Waals surface area (Å²) in [7, 11) is -7.73. The molecule has 0 saturated carbocycles. The second-order valence-electron chi connectivity index (χ2n) is 6.34. The van der Waals surface area contributed by atoms with Crippen LogP contribution in [0.1, 0.15) is 12.8 Å². The predicted octanol–water partition coefficient (Wildman–Crippen LogP) is 1.73. The number of hydrogen-bond donors (Lipinski definition) is 1. The predicted molar refractivity (Wildman–Crippen MR) is 102 cm³/mol. The van der Waals surface area contributed by atoms with Crippen LogP contribution in [-0.4, -0.2) is 45.2 Å². The number of nitrogens with zero attached hydrogens (tertiary/aromatic N) is 2. The molecule has 0 bridgehead atoms. The van der Waals surface area contributed by atoms with Crippen LogP contribution < -0.4 is 4.72 Å². The third-order valence-electron chi connectivity index (χ3n) is 4.51. The molecule has 1 saturated heterocycles. The Morgan fingerprint density at radius 1 is 0.929 bits per heavy atom. The van der Waals surface area contributed by atoms with E-state index in [1.165, 1.54) is 30.3 Å². The number of sulfonamides is 2. The summed E-state index contributed by atoms with van der Waals surface area (Å²) >= 11 is 0. The molecule has 0 unspecified atom stereocenters. The third kappa shape index (κ3) is 4.22. The largest absolute Gasteiger partial charge is 0.289 e. The monoisotopic (exact) mass is 425 g/mol. The number of benzene rings is 2. The smallest absolute Gasteiger partial charge is 0.258 e. The number of piperidine rings is 1. The summed E-state index contributed by atoms with van der Waals surface area (Å²) in [6.07, 6.45) is 0.540. The van der Waals surface area contributed by atoms with Crippen molar-refractivity contribution in [2.24, 2.45) is 0 Å². The quantitative estimate of drug-likeness (QED) is 0.555. The summed E-state index contributed by atoms with van der Waals surface area (Å²) in [5.41, 5.74) is -0.477. The first-order valence-electron chi connectivity index (χ1n) is 8.53. The number of para-hydroxylation sites is 1. The average Bonchev–Trinajstić information content (AvgIpc) is 2.69. The van der Waals surface area contributed by atoms with Crippen molar-refractivity contribution in [2.75, 3.05) is 13.1 Å². The van der Waals surface area contributed by atoms with Gasteiger partial charge in [0.2, 0.25) is 20.0 Å². The molecular formula is C17H19N3O6S2. The Labute approximate surface area is 163 Å². The summed E-state index contributed by atoms with van der Waals surface area (Å²) in [6.45, 7) is 0.132. The van der Waals surface area contributed by atoms with Crippen LogP contribution in [0.5, 0.6) is 0 Å². The van der Waals surface area contributed by atoms with E-state index in [1.807, 2.05) is 0 Å². The molecule has 1 aliphatic rings. The lowest BCUT2D eigenvalue weighted by Gasteiger charge is -2.31. The first kappa shape index (κ1) is 20.4. The van der Waals surface area contributed by atoms with E-state index in [0.717, 1.165) is 10.4 Å². The van der Waals surface area contributed by atoms with Crippen LogP contribution in [0.25, 0.3) is 0 Å². The van der Waals surface area contributed by atoms with E-state index in [-0.39, 0.29) is 35.7 Å². The second kappa shape index (κ2) is 7.95. The van der Waals surface area contributed by atoms with E-state index in [2.05, 4.69) is 4.72 Å². The molecule has 0 atom stereocenters. The maximum atomic E-state index is 12.8. The van der Waals surface area contributed by atoms with E-state index < -0.39 is 36.7 Å². The Hall–Kier alpha value is -2.34. The fourth-order valence-corrected chi connectivity index (χ4v) is 6.02. The van der Waals surface area contributed by atoms with Gasteiger partial charge in [0.1, 0.15) is 0 Å². The van der Waals surface area contributed by atoms with E-state index in [0.29, 0.717) is 0 Å². The summed E-state index contributed by atoms with van der Waals surface area (Å²) in [4.78, 5) is 10.2. The highest BCUT2D eigenvalue weighted by atomic mass is 32.2. The molecule has 1 aliphatic heterocycles. The van der Waals surface area contributed by atoms with Gasteiger partial charge in [-0.1, -0.05) is 30.3 Å². The molecule has 150 valence electrons. The van der Waals surface area contributed by atoms with Gasteiger partial charge < -0.3 is 0 Å². The number of hydrogen-bond acceptors (Lipinski definition) is 6. The molecule has 0 spiro atoms. The molecule has 2 aromatic rings. The van der Waals surface area contributed by atoms with Gasteiger partial charge in [-0.2, -0.15) is 4.31 Å². The number of nitro groups is 1. The molecule has 11 heteroatoms. The minimum absolute atomic E-state index is 0.0658. The third-order valence-corrected chi connectivity index (χ3v) is 7.99. The van der Waals surface area contributed by atoms with Crippen LogP contribution in [0.4, 0.5) is 5.69 Å². The molecule has 3 rings (SSSR count). The van der Waals surface area contributed by atoms with Crippen molar-refractivity contribution in [3.63, 3.8) is 0 Å². The lowest BCUT2D eigenvalue weighted by Crippen LogP contribution is -2.46. The topological polar surface area (TPSA) is 127 Å². The fourth-order valence-electron chi connectivity index (χ4n) is 3.07. The first-order valence-corrected chi connectivity index (χ1v) is 11.4. The van der Waals surface area contributed by atoms with Gasteiger partial charge in [-0.05, 0) is 31.0 Å². The van der Waals surface area contributed by atoms with Gasteiger partial charge in [0.05, 0.1) is 9.82 Å². The zero-order valence-electron chi connectivity index (χ0n) is 14.8. The summed E-state index contributed by atoms with van der Waals surface area (Å²) in [6, 6.07) is 12.7. The lowest BCUT2D eigenvalue weighted by molar-refractivity contribution is -0.387. The van der Waals surface area contributed by atoms with E-state index in [1.54, 1.807) is 18.2 Å². The van der Waals surface area contributed by atoms with Gasteiger partial charge in [-0.25, -0.2) is 21.6 Å². The van der Waals surface area contributed by atoms with Gasteiger partial charge in [0, 0.05) is 25.2 Å². The molecule has 9 nitrogen and oxygen atoms in total. The minimum Gasteiger partial charge on any atom is -0.258 e. The van der Waals surface area contributed by atoms with Crippen molar-refractivity contribution < 1.29 is 21.8 Å². The van der Waals surface area contributed by atoms with E-state index >= 15 is 0 Å². The maximum absolute atomic E-state index is 12.8. The van der Waals surface area contributed by atoms with Gasteiger partial charge in [0.25, 0.3) is 5.69 Å². The van der Waals surface area contributed by atoms with Crippen molar-refractivity contribution in [2.45, 2.75) is 28.7 Å². The SMILES string of the molecule is O=[N+]([O-])c1ccccc1S(=O)(=O)N1CCC(NS(=O)(=O)c2ccccc2)CC1. The zero-order chi connectivity index (χ0) is 20.4. The molecule has 0 amide bonds. The molecule has 0 aromatic heterocycles. The molecule has 0 aliphatic carbocycles. The number of rotatable bonds is 6. The normalized spacial score (nSPS) is 16.7. The van der Waals surface area contributed by atoms with Gasteiger partial charge in [-0.3, -0.25) is 10.1 Å². The summed E-state index contributed by atoms with van der Waals surface area (Å²) < 4.78 is 54.2. The fraction of sp³-hybridized carbons (Fsp3) is 0.294. The van der Waals surface area contributed by atoms with Crippen molar-refractivity contribution in [3.8, 4) is 0 Å². The lowest BCUT2D eigenvalue weighted by atomic mass is 10.1. The standard InChI is InChI=1S/C17H19N3O6S2/c21-20(22)16-8-4-5-9-17(16)28(25,26)19-12-10-14(11-13-19)18-27(23,24)15-6-2-1-3-7-15/h1-9,14,18H,10-13H2. The van der Waals surface area contributed by atoms with Crippen LogP contribution in [0.15, 0.2) is 64.4 Å². The highest BCUT2D eigenvalue weighted by molar-refractivity contribution is 7.89. The maximum Gasteiger partial charge on any atom is 0.289 e. The van der Waals surface area contributed by atoms with E-state index in [4.69, 9.17) is 0 Å². The van der Waals surface area contributed by atoms with Crippen LogP contribution in [0, 0.1) is 10.1 Å². The summed E-state index contributed by atoms with van der Waals surface area (Å²) in [5, 5.41) is 11.1. The molecule has 2 aromatic carbocycles. The first-order chi connectivity index (χ1) is 13.2. The highest BCUT2D eigenvalue weighted by Gasteiger charge is 2.34. The van der Waals surface area contributed by atoms with Gasteiger partial charge >= 0.3 is 0 Å². The van der Waals surface area contributed by atoms with Crippen molar-refractivity contribution >= 4 is 25.7 Å². The molecule has 1 heterocycles. The Morgan fingerprint density at radius 2 is 1.50 bits per heavy atom. The Balaban J connectivity index is 1.71. The van der Waals surface area contributed by atoms with Gasteiger partial charge in [-0.15, -0.1) is 0 Å².